The number of methoxy groups -OCH3 is 1. The Morgan fingerprint density at radius 3 is 2.36 bits per heavy atom. The van der Waals surface area contributed by atoms with Crippen LogP contribution in [0, 0.1) is 23.7 Å². The lowest BCUT2D eigenvalue weighted by atomic mass is 9.85. The lowest BCUT2D eigenvalue weighted by Gasteiger charge is -2.13. The number of fused-ring (bicyclic) bond motifs is 5. The molecular formula is C24H18Cl2N2O5. The predicted molar refractivity (Wildman–Crippen MR) is 122 cm³/mol. The van der Waals surface area contributed by atoms with Gasteiger partial charge in [-0.05, 0) is 60.2 Å². The molecule has 33 heavy (non-hydrogen) atoms. The molecule has 4 atom stereocenters. The number of carbonyl (C=O) groups excluding carboxylic acids is 3. The quantitative estimate of drug-likeness (QED) is 0.207. The van der Waals surface area contributed by atoms with E-state index >= 15 is 0 Å². The number of benzene rings is 2. The lowest BCUT2D eigenvalue weighted by Crippen LogP contribution is -2.28. The number of esters is 1. The molecule has 4 unspecified atom stereocenters. The largest absolute Gasteiger partial charge is 0.493 e. The minimum absolute atomic E-state index is 0.125. The Kier molecular flexibility index (Phi) is 5.46. The number of allylic oxidation sites excluding steroid dienone is 2. The number of imide groups is 1. The molecule has 2 aliphatic carbocycles. The normalized spacial score (nSPS) is 25.2. The molecule has 2 aromatic rings. The Morgan fingerprint density at radius 2 is 1.73 bits per heavy atom. The van der Waals surface area contributed by atoms with Gasteiger partial charge in [0.25, 0.3) is 11.8 Å². The molecule has 1 saturated heterocycles. The van der Waals surface area contributed by atoms with Crippen molar-refractivity contribution in [3.8, 4) is 11.5 Å². The highest BCUT2D eigenvalue weighted by atomic mass is 35.5. The van der Waals surface area contributed by atoms with E-state index in [1.54, 1.807) is 12.1 Å². The van der Waals surface area contributed by atoms with Crippen LogP contribution in [0.3, 0.4) is 0 Å². The van der Waals surface area contributed by atoms with Crippen molar-refractivity contribution in [3.63, 3.8) is 0 Å². The third kappa shape index (κ3) is 3.71. The molecule has 2 aromatic carbocycles. The molecule has 1 aliphatic heterocycles. The van der Waals surface area contributed by atoms with Crippen LogP contribution in [0.25, 0.3) is 0 Å². The predicted octanol–water partition coefficient (Wildman–Crippen LogP) is 4.36. The maximum absolute atomic E-state index is 12.7. The van der Waals surface area contributed by atoms with Crippen molar-refractivity contribution >= 4 is 47.2 Å². The summed E-state index contributed by atoms with van der Waals surface area (Å²) in [7, 11) is 1.43. The van der Waals surface area contributed by atoms with E-state index in [1.807, 2.05) is 12.2 Å². The van der Waals surface area contributed by atoms with Crippen LogP contribution in [-0.4, -0.2) is 36.1 Å². The van der Waals surface area contributed by atoms with Gasteiger partial charge in [0.15, 0.2) is 11.5 Å². The van der Waals surface area contributed by atoms with Crippen LogP contribution in [0.2, 0.25) is 10.0 Å². The highest BCUT2D eigenvalue weighted by Gasteiger charge is 2.59. The van der Waals surface area contributed by atoms with Crippen molar-refractivity contribution < 1.29 is 23.9 Å². The molecule has 0 N–H and O–H groups in total. The van der Waals surface area contributed by atoms with Gasteiger partial charge in [-0.3, -0.25) is 9.59 Å². The molecule has 2 fully saturated rings. The second-order valence-electron chi connectivity index (χ2n) is 8.16. The van der Waals surface area contributed by atoms with Crippen molar-refractivity contribution in [1.29, 1.82) is 0 Å². The summed E-state index contributed by atoms with van der Waals surface area (Å²) >= 11 is 11.9. The van der Waals surface area contributed by atoms with Crippen LogP contribution in [0.1, 0.15) is 22.3 Å². The van der Waals surface area contributed by atoms with E-state index in [9.17, 15) is 14.4 Å². The van der Waals surface area contributed by atoms with Gasteiger partial charge in [-0.25, -0.2) is 4.79 Å². The fourth-order valence-electron chi connectivity index (χ4n) is 4.78. The second-order valence-corrected chi connectivity index (χ2v) is 9.00. The van der Waals surface area contributed by atoms with Crippen LogP contribution in [0.5, 0.6) is 11.5 Å². The number of halogens is 2. The molecule has 7 nitrogen and oxygen atoms in total. The Balaban J connectivity index is 1.32. The minimum Gasteiger partial charge on any atom is -0.493 e. The number of rotatable bonds is 5. The topological polar surface area (TPSA) is 85.3 Å². The molecule has 0 aromatic heterocycles. The number of hydrogen-bond acceptors (Lipinski definition) is 6. The highest BCUT2D eigenvalue weighted by molar-refractivity contribution is 6.36. The zero-order valence-electron chi connectivity index (χ0n) is 17.4. The van der Waals surface area contributed by atoms with Gasteiger partial charge in [-0.15, -0.1) is 0 Å². The molecular weight excluding hydrogens is 467 g/mol. The number of carbonyl (C=O) groups is 3. The molecule has 5 rings (SSSR count). The molecule has 3 aliphatic rings. The van der Waals surface area contributed by atoms with Crippen molar-refractivity contribution in [2.24, 2.45) is 28.8 Å². The third-order valence-corrected chi connectivity index (χ3v) is 6.86. The molecule has 168 valence electrons. The molecule has 0 spiro atoms. The van der Waals surface area contributed by atoms with Crippen molar-refractivity contribution in [3.05, 3.63) is 69.7 Å². The van der Waals surface area contributed by atoms with Gasteiger partial charge in [-0.1, -0.05) is 35.4 Å². The van der Waals surface area contributed by atoms with Gasteiger partial charge in [0.05, 0.1) is 35.7 Å². The molecule has 9 heteroatoms. The first kappa shape index (κ1) is 21.7. The summed E-state index contributed by atoms with van der Waals surface area (Å²) in [5.74, 6) is -1.09. The Bertz CT molecular complexity index is 1210. The van der Waals surface area contributed by atoms with Crippen LogP contribution in [0.15, 0.2) is 53.7 Å². The van der Waals surface area contributed by atoms with Crippen LogP contribution in [0.4, 0.5) is 0 Å². The van der Waals surface area contributed by atoms with E-state index in [4.69, 9.17) is 32.7 Å². The summed E-state index contributed by atoms with van der Waals surface area (Å²) < 4.78 is 10.8. The number of ether oxygens (including phenoxy) is 2. The van der Waals surface area contributed by atoms with E-state index in [1.165, 1.54) is 37.6 Å². The monoisotopic (exact) mass is 484 g/mol. The van der Waals surface area contributed by atoms with Crippen molar-refractivity contribution in [1.82, 2.24) is 5.01 Å². The summed E-state index contributed by atoms with van der Waals surface area (Å²) in [6.07, 6.45) is 6.35. The van der Waals surface area contributed by atoms with Gasteiger partial charge in [0.1, 0.15) is 0 Å². The zero-order valence-corrected chi connectivity index (χ0v) is 18.9. The molecule has 2 amide bonds. The van der Waals surface area contributed by atoms with Crippen LogP contribution < -0.4 is 9.47 Å². The smallest absolute Gasteiger partial charge is 0.345 e. The van der Waals surface area contributed by atoms with E-state index < -0.39 is 5.97 Å². The summed E-state index contributed by atoms with van der Waals surface area (Å²) in [5, 5.41) is 5.71. The summed E-state index contributed by atoms with van der Waals surface area (Å²) in [6.45, 7) is 0. The van der Waals surface area contributed by atoms with Gasteiger partial charge < -0.3 is 9.47 Å². The van der Waals surface area contributed by atoms with Gasteiger partial charge in [0.2, 0.25) is 0 Å². The fraction of sp³-hybridized carbons (Fsp3) is 0.250. The van der Waals surface area contributed by atoms with Crippen LogP contribution in [-0.2, 0) is 9.59 Å². The Hall–Kier alpha value is -3.16. The first-order chi connectivity index (χ1) is 15.9. The Morgan fingerprint density at radius 1 is 1.03 bits per heavy atom. The summed E-state index contributed by atoms with van der Waals surface area (Å²) in [4.78, 5) is 38.0. The molecule has 0 radical (unpaired) electrons. The third-order valence-electron chi connectivity index (χ3n) is 6.31. The summed E-state index contributed by atoms with van der Waals surface area (Å²) in [6, 6.07) is 9.22. The SMILES string of the molecule is COc1cc(C=NN2C(=O)C3C4C=CC(C4)C3C2=O)ccc1OC(=O)c1ccc(Cl)cc1Cl. The lowest BCUT2D eigenvalue weighted by molar-refractivity contribution is -0.140. The molecule has 1 heterocycles. The minimum atomic E-state index is -0.667. The maximum Gasteiger partial charge on any atom is 0.345 e. The van der Waals surface area contributed by atoms with E-state index in [-0.39, 0.29) is 57.6 Å². The summed E-state index contributed by atoms with van der Waals surface area (Å²) in [5.41, 5.74) is 0.726. The van der Waals surface area contributed by atoms with Crippen molar-refractivity contribution in [2.45, 2.75) is 6.42 Å². The van der Waals surface area contributed by atoms with Crippen LogP contribution >= 0.6 is 23.2 Å². The van der Waals surface area contributed by atoms with E-state index in [0.717, 1.165) is 11.4 Å². The standard InChI is InChI=1S/C24H18Cl2N2O5/c1-32-19-8-12(2-7-18(19)33-24(31)16-6-5-15(25)10-17(16)26)11-27-28-22(29)20-13-3-4-14(9-13)21(20)23(28)30/h2-8,10-11,13-14,20-21H,9H2,1H3. The molecule has 1 saturated carbocycles. The van der Waals surface area contributed by atoms with E-state index in [0.29, 0.717) is 10.6 Å². The van der Waals surface area contributed by atoms with E-state index in [2.05, 4.69) is 5.10 Å². The van der Waals surface area contributed by atoms with Crippen molar-refractivity contribution in [2.75, 3.05) is 7.11 Å². The first-order valence-electron chi connectivity index (χ1n) is 10.3. The van der Waals surface area contributed by atoms with Gasteiger partial charge in [-0.2, -0.15) is 10.1 Å². The first-order valence-corrected chi connectivity index (χ1v) is 11.1. The number of amides is 2. The zero-order chi connectivity index (χ0) is 23.3. The highest BCUT2D eigenvalue weighted by Crippen LogP contribution is 2.52. The second kappa shape index (κ2) is 8.32. The number of hydrogen-bond donors (Lipinski definition) is 0. The Labute approximate surface area is 199 Å². The molecule has 2 bridgehead atoms. The number of nitrogens with zero attached hydrogens (tertiary/aromatic N) is 2. The average Bonchev–Trinajstić information content (AvgIpc) is 3.47. The van der Waals surface area contributed by atoms with Gasteiger partial charge in [0, 0.05) is 5.02 Å². The maximum atomic E-state index is 12.7. The van der Waals surface area contributed by atoms with Gasteiger partial charge >= 0.3 is 5.97 Å². The fourth-order valence-corrected chi connectivity index (χ4v) is 5.27. The number of hydrazone groups is 1. The average molecular weight is 485 g/mol.